The van der Waals surface area contributed by atoms with E-state index in [4.69, 9.17) is 126 Å². The number of hydrogen-bond acceptors (Lipinski definition) is 8. The highest BCUT2D eigenvalue weighted by molar-refractivity contribution is 7.13. The summed E-state index contributed by atoms with van der Waals surface area (Å²) in [5.41, 5.74) is 2.47. The maximum absolute atomic E-state index is 8.03. The van der Waals surface area contributed by atoms with E-state index in [1.54, 1.807) is 0 Å². The minimum atomic E-state index is -3.23. The fraction of sp³-hybridized carbons (Fsp3) is 1.00. The first-order chi connectivity index (χ1) is 25.0. The molecule has 8 bridgehead atoms. The third-order valence-electron chi connectivity index (χ3n) is 10.7. The van der Waals surface area contributed by atoms with E-state index in [0.29, 0.717) is 118 Å². The minimum absolute atomic E-state index is 0.492. The molecule has 0 saturated carbocycles. The zero-order valence-corrected chi connectivity index (χ0v) is 44.1. The Bertz CT molecular complexity index is 829. The van der Waals surface area contributed by atoms with Gasteiger partial charge in [0.2, 0.25) is 0 Å². The van der Waals surface area contributed by atoms with Crippen LogP contribution >= 0.6 is 92.8 Å². The Labute approximate surface area is 360 Å². The summed E-state index contributed by atoms with van der Waals surface area (Å²) < 4.78 is 64.1. The molecule has 0 amide bonds. The van der Waals surface area contributed by atoms with Crippen LogP contribution in [-0.4, -0.2) is 116 Å². The van der Waals surface area contributed by atoms with Gasteiger partial charge < -0.3 is 32.9 Å². The average molecular weight is 1030 g/mol. The number of hydrogen-bond donors (Lipinski definition) is 0. The minimum Gasteiger partial charge on any atom is -0.415 e. The Morgan fingerprint density at radius 1 is 0.231 bits per heavy atom. The van der Waals surface area contributed by atoms with Gasteiger partial charge in [0.05, 0.1) is 0 Å². The van der Waals surface area contributed by atoms with Crippen LogP contribution in [0.1, 0.15) is 51.4 Å². The smallest absolute Gasteiger partial charge is 0.322 e. The zero-order valence-electron chi connectivity index (χ0n) is 30.1. The van der Waals surface area contributed by atoms with Crippen molar-refractivity contribution in [3.63, 3.8) is 0 Å². The zero-order chi connectivity index (χ0) is 37.5. The molecule has 6 aliphatic rings. The molecule has 0 aromatic heterocycles. The Balaban J connectivity index is 1.88. The Morgan fingerprint density at radius 3 is 0.442 bits per heavy atom. The normalized spacial score (nSPS) is 41.1. The summed E-state index contributed by atoms with van der Waals surface area (Å²) in [6.07, 6.45) is 5.95. The van der Waals surface area contributed by atoms with Crippen LogP contribution in [0.5, 0.6) is 0 Å². The van der Waals surface area contributed by atoms with Crippen molar-refractivity contribution in [2.45, 2.75) is 122 Å². The topological polar surface area (TPSA) is 73.8 Å². The van der Waals surface area contributed by atoms with Gasteiger partial charge in [0.25, 0.3) is 0 Å². The molecule has 6 saturated heterocycles. The standard InChI is InChI=1S/C28H56Cl8O8Si8/c29-9-1-17-45-25-46(18-2-10-30)38-49(21-5-13-33)26-47(37-45,19-3-11-31)43-50(22-6-14-34)27-48(41-45,20-4-12-32)39-51(42-46,23-7-15-35)28-52(40-50,44-49)24-8-16-36/h1-28H2. The number of alkyl halides is 8. The highest BCUT2D eigenvalue weighted by Crippen LogP contribution is 2.58. The van der Waals surface area contributed by atoms with Gasteiger partial charge in [-0.1, -0.05) is 0 Å². The summed E-state index contributed by atoms with van der Waals surface area (Å²) in [7, 11) is -25.9. The van der Waals surface area contributed by atoms with E-state index >= 15 is 0 Å². The Morgan fingerprint density at radius 2 is 0.346 bits per heavy atom. The van der Waals surface area contributed by atoms with Crippen LogP contribution in [0.2, 0.25) is 71.0 Å². The highest BCUT2D eigenvalue weighted by atomic mass is 35.5. The third kappa shape index (κ3) is 11.2. The van der Waals surface area contributed by atoms with Crippen molar-refractivity contribution in [2.24, 2.45) is 0 Å². The van der Waals surface area contributed by atoms with Crippen LogP contribution in [0, 0.1) is 0 Å². The lowest BCUT2D eigenvalue weighted by Crippen LogP contribution is -2.85. The van der Waals surface area contributed by atoms with Crippen molar-refractivity contribution in [1.82, 2.24) is 0 Å². The quantitative estimate of drug-likeness (QED) is 0.0699. The summed E-state index contributed by atoms with van der Waals surface area (Å²) in [5.74, 6) is 3.93. The fourth-order valence-electron chi connectivity index (χ4n) is 9.31. The molecule has 6 fully saturated rings. The van der Waals surface area contributed by atoms with Gasteiger partial charge in [0.1, 0.15) is 0 Å². The van der Waals surface area contributed by atoms with Crippen LogP contribution in [-0.2, 0) is 32.9 Å². The van der Waals surface area contributed by atoms with Gasteiger partial charge in [-0.3, -0.25) is 0 Å². The summed E-state index contributed by atoms with van der Waals surface area (Å²) >= 11 is 52.2. The van der Waals surface area contributed by atoms with Crippen molar-refractivity contribution in [3.8, 4) is 0 Å². The molecule has 0 aromatic carbocycles. The molecule has 0 N–H and O–H groups in total. The second kappa shape index (κ2) is 20.5. The van der Waals surface area contributed by atoms with E-state index in [2.05, 4.69) is 0 Å². The molecule has 6 rings (SSSR count). The summed E-state index contributed by atoms with van der Waals surface area (Å²) in [4.78, 5) is 0. The highest BCUT2D eigenvalue weighted by Gasteiger charge is 2.78. The van der Waals surface area contributed by atoms with Crippen molar-refractivity contribution >= 4 is 161 Å². The van der Waals surface area contributed by atoms with E-state index in [-0.39, 0.29) is 0 Å². The third-order valence-corrected chi connectivity index (χ3v) is 62.8. The van der Waals surface area contributed by atoms with Gasteiger partial charge in [0, 0.05) is 69.7 Å². The molecular formula is C28H56Cl8O8Si8. The molecule has 0 atom stereocenters. The monoisotopic (exact) mass is 1020 g/mol. The van der Waals surface area contributed by atoms with Crippen LogP contribution in [0.25, 0.3) is 0 Å². The van der Waals surface area contributed by atoms with Crippen LogP contribution < -0.4 is 0 Å². The molecule has 0 aromatic rings. The van der Waals surface area contributed by atoms with E-state index < -0.39 is 68.5 Å². The predicted molar refractivity (Wildman–Crippen MR) is 235 cm³/mol. The van der Waals surface area contributed by atoms with Crippen molar-refractivity contribution in [1.29, 1.82) is 0 Å². The van der Waals surface area contributed by atoms with Crippen molar-refractivity contribution in [2.75, 3.05) is 47.0 Å². The van der Waals surface area contributed by atoms with Gasteiger partial charge in [-0.25, -0.2) is 0 Å². The largest absolute Gasteiger partial charge is 0.415 e. The van der Waals surface area contributed by atoms with E-state index in [9.17, 15) is 0 Å². The van der Waals surface area contributed by atoms with E-state index in [1.807, 2.05) is 0 Å². The summed E-state index contributed by atoms with van der Waals surface area (Å²) in [6.45, 7) is 0. The van der Waals surface area contributed by atoms with Gasteiger partial charge >= 0.3 is 68.5 Å². The Hall–Kier alpha value is 3.74. The first-order valence-electron chi connectivity index (χ1n) is 19.1. The summed E-state index contributed by atoms with van der Waals surface area (Å²) in [5, 5.41) is 0. The van der Waals surface area contributed by atoms with Crippen LogP contribution in [0.15, 0.2) is 0 Å². The second-order valence-electron chi connectivity index (χ2n) is 15.1. The molecule has 0 unspecified atom stereocenters. The van der Waals surface area contributed by atoms with Crippen LogP contribution in [0.4, 0.5) is 0 Å². The van der Waals surface area contributed by atoms with Gasteiger partial charge in [-0.2, -0.15) is 0 Å². The van der Waals surface area contributed by atoms with Crippen molar-refractivity contribution in [3.05, 3.63) is 0 Å². The number of rotatable bonds is 24. The lowest BCUT2D eigenvalue weighted by atomic mass is 10.6. The second-order valence-corrected chi connectivity index (χ2v) is 48.9. The maximum Gasteiger partial charge on any atom is 0.322 e. The molecule has 52 heavy (non-hydrogen) atoms. The predicted octanol–water partition coefficient (Wildman–Crippen LogP) is 10.9. The van der Waals surface area contributed by atoms with Crippen LogP contribution in [0.3, 0.4) is 0 Å². The van der Waals surface area contributed by atoms with Gasteiger partial charge in [-0.05, 0) is 99.7 Å². The molecule has 24 heteroatoms. The average Bonchev–Trinajstić information content (AvgIpc) is 3.08. The number of halogens is 8. The maximum atomic E-state index is 8.03. The lowest BCUT2D eigenvalue weighted by Gasteiger charge is -2.66. The molecule has 0 radical (unpaired) electrons. The summed E-state index contributed by atoms with van der Waals surface area (Å²) in [6, 6.07) is 5.63. The first kappa shape index (κ1) is 46.8. The van der Waals surface area contributed by atoms with E-state index in [0.717, 1.165) is 51.4 Å². The Kier molecular flexibility index (Phi) is 18.5. The molecule has 6 aliphatic heterocycles. The van der Waals surface area contributed by atoms with E-state index in [1.165, 1.54) is 0 Å². The van der Waals surface area contributed by atoms with Gasteiger partial charge in [0.15, 0.2) is 0 Å². The molecule has 0 spiro atoms. The molecule has 304 valence electrons. The fourth-order valence-corrected chi connectivity index (χ4v) is 84.3. The molecular weight excluding hydrogens is 973 g/mol. The van der Waals surface area contributed by atoms with Crippen molar-refractivity contribution < 1.29 is 32.9 Å². The molecule has 8 nitrogen and oxygen atoms in total. The lowest BCUT2D eigenvalue weighted by molar-refractivity contribution is 0.163. The molecule has 0 aliphatic carbocycles. The SMILES string of the molecule is ClCCC[Si]12C[Si]3(CCCCl)O[Si]4(CCCCl)C[Si]5(CCCCl)O[Si](CCCCl)(C[Si](CCCCl)(O1)O4)O[Si](CCCCl)(C[Si](CCCCl)(O3)O5)O2. The first-order valence-corrected chi connectivity index (χ1v) is 41.2. The molecule has 6 heterocycles. The van der Waals surface area contributed by atoms with Gasteiger partial charge in [-0.15, -0.1) is 92.8 Å².